The van der Waals surface area contributed by atoms with Crippen molar-refractivity contribution in [2.45, 2.75) is 51.5 Å². The SMILES string of the molecule is CCNC(=NCc1cc(C(C)C)no1)NCC1(c2ccc(Cl)cc2)CC1.I. The number of rotatable bonds is 7. The molecule has 0 amide bonds. The van der Waals surface area contributed by atoms with Gasteiger partial charge in [-0.25, -0.2) is 4.99 Å². The fourth-order valence-corrected chi connectivity index (χ4v) is 3.08. The fraction of sp³-hybridized carbons (Fsp3) is 0.500. The fourth-order valence-electron chi connectivity index (χ4n) is 2.95. The minimum absolute atomic E-state index is 0. The molecule has 1 aliphatic rings. The van der Waals surface area contributed by atoms with E-state index in [0.717, 1.165) is 35.5 Å². The summed E-state index contributed by atoms with van der Waals surface area (Å²) >= 11 is 6.01. The second-order valence-electron chi connectivity index (χ2n) is 7.21. The molecule has 1 saturated carbocycles. The highest BCUT2D eigenvalue weighted by Crippen LogP contribution is 2.47. The molecule has 27 heavy (non-hydrogen) atoms. The second kappa shape index (κ2) is 9.78. The third-order valence-electron chi connectivity index (χ3n) is 4.81. The van der Waals surface area contributed by atoms with Crippen molar-refractivity contribution in [3.8, 4) is 0 Å². The first-order chi connectivity index (χ1) is 12.5. The van der Waals surface area contributed by atoms with Crippen molar-refractivity contribution in [2.24, 2.45) is 4.99 Å². The number of benzene rings is 1. The van der Waals surface area contributed by atoms with Gasteiger partial charge in [-0.3, -0.25) is 0 Å². The van der Waals surface area contributed by atoms with E-state index < -0.39 is 0 Å². The maximum Gasteiger partial charge on any atom is 0.191 e. The first-order valence-electron chi connectivity index (χ1n) is 9.26. The van der Waals surface area contributed by atoms with E-state index in [9.17, 15) is 0 Å². The molecule has 0 bridgehead atoms. The number of hydrogen-bond donors (Lipinski definition) is 2. The summed E-state index contributed by atoms with van der Waals surface area (Å²) < 4.78 is 5.37. The zero-order valence-corrected chi connectivity index (χ0v) is 19.2. The Kier molecular flexibility index (Phi) is 7.97. The van der Waals surface area contributed by atoms with Crippen LogP contribution < -0.4 is 10.6 Å². The summed E-state index contributed by atoms with van der Waals surface area (Å²) in [6, 6.07) is 10.2. The lowest BCUT2D eigenvalue weighted by atomic mass is 9.96. The van der Waals surface area contributed by atoms with Gasteiger partial charge in [-0.1, -0.05) is 42.7 Å². The van der Waals surface area contributed by atoms with Gasteiger partial charge in [0.2, 0.25) is 0 Å². The van der Waals surface area contributed by atoms with Crippen LogP contribution in [0.2, 0.25) is 5.02 Å². The Bertz CT molecular complexity index is 754. The Morgan fingerprint density at radius 3 is 2.52 bits per heavy atom. The molecule has 1 aromatic carbocycles. The average molecular weight is 503 g/mol. The van der Waals surface area contributed by atoms with Gasteiger partial charge < -0.3 is 15.2 Å². The van der Waals surface area contributed by atoms with Gasteiger partial charge in [0.05, 0.1) is 5.69 Å². The van der Waals surface area contributed by atoms with Crippen LogP contribution in [0.25, 0.3) is 0 Å². The van der Waals surface area contributed by atoms with E-state index in [2.05, 4.69) is 53.7 Å². The van der Waals surface area contributed by atoms with Gasteiger partial charge in [0.25, 0.3) is 0 Å². The molecule has 2 aromatic rings. The second-order valence-corrected chi connectivity index (χ2v) is 7.65. The lowest BCUT2D eigenvalue weighted by Gasteiger charge is -2.19. The molecule has 148 valence electrons. The topological polar surface area (TPSA) is 62.5 Å². The number of nitrogens with one attached hydrogen (secondary N) is 2. The van der Waals surface area contributed by atoms with Crippen LogP contribution in [0, 0.1) is 0 Å². The maximum absolute atomic E-state index is 6.01. The van der Waals surface area contributed by atoms with Crippen LogP contribution in [0.4, 0.5) is 0 Å². The van der Waals surface area contributed by atoms with E-state index in [4.69, 9.17) is 16.1 Å². The highest BCUT2D eigenvalue weighted by Gasteiger charge is 2.44. The summed E-state index contributed by atoms with van der Waals surface area (Å²) in [5.41, 5.74) is 2.49. The molecule has 2 N–H and O–H groups in total. The Morgan fingerprint density at radius 1 is 1.26 bits per heavy atom. The number of guanidine groups is 1. The summed E-state index contributed by atoms with van der Waals surface area (Å²) in [7, 11) is 0. The van der Waals surface area contributed by atoms with Gasteiger partial charge in [0.1, 0.15) is 6.54 Å². The molecule has 3 rings (SSSR count). The van der Waals surface area contributed by atoms with Crippen LogP contribution in [-0.2, 0) is 12.0 Å². The van der Waals surface area contributed by atoms with Crippen molar-refractivity contribution in [3.63, 3.8) is 0 Å². The molecular weight excluding hydrogens is 475 g/mol. The standard InChI is InChI=1S/C20H27ClN4O.HI/c1-4-22-19(23-12-17-11-18(14(2)3)25-26-17)24-13-20(9-10-20)15-5-7-16(21)8-6-15;/h5-8,11,14H,4,9-10,12-13H2,1-3H3,(H2,22,23,24);1H. The summed E-state index contributed by atoms with van der Waals surface area (Å²) in [5, 5.41) is 11.6. The molecule has 7 heteroatoms. The zero-order valence-electron chi connectivity index (χ0n) is 16.1. The van der Waals surface area contributed by atoms with Gasteiger partial charge in [-0.15, -0.1) is 24.0 Å². The van der Waals surface area contributed by atoms with Crippen molar-refractivity contribution in [2.75, 3.05) is 13.1 Å². The Morgan fingerprint density at radius 2 is 1.96 bits per heavy atom. The minimum Gasteiger partial charge on any atom is -0.359 e. The van der Waals surface area contributed by atoms with Gasteiger partial charge in [0.15, 0.2) is 11.7 Å². The highest BCUT2D eigenvalue weighted by atomic mass is 127. The van der Waals surface area contributed by atoms with Gasteiger partial charge in [-0.2, -0.15) is 0 Å². The van der Waals surface area contributed by atoms with E-state index in [1.807, 2.05) is 18.2 Å². The normalized spacial score (nSPS) is 15.4. The number of halogens is 2. The van der Waals surface area contributed by atoms with E-state index in [-0.39, 0.29) is 29.4 Å². The monoisotopic (exact) mass is 502 g/mol. The molecular formula is C20H28ClIN4O. The van der Waals surface area contributed by atoms with Crippen molar-refractivity contribution in [1.29, 1.82) is 0 Å². The number of aliphatic imine (C=N–C) groups is 1. The Hall–Kier alpha value is -1.28. The predicted octanol–water partition coefficient (Wildman–Crippen LogP) is 4.86. The Balaban J connectivity index is 0.00000261. The van der Waals surface area contributed by atoms with Crippen LogP contribution in [0.5, 0.6) is 0 Å². The molecule has 1 aromatic heterocycles. The molecule has 1 heterocycles. The van der Waals surface area contributed by atoms with Crippen LogP contribution in [-0.4, -0.2) is 24.2 Å². The first-order valence-corrected chi connectivity index (χ1v) is 9.64. The summed E-state index contributed by atoms with van der Waals surface area (Å²) in [6.45, 7) is 8.41. The van der Waals surface area contributed by atoms with Crippen molar-refractivity contribution in [3.05, 3.63) is 52.4 Å². The van der Waals surface area contributed by atoms with Crippen LogP contribution in [0.15, 0.2) is 39.8 Å². The van der Waals surface area contributed by atoms with E-state index in [1.54, 1.807) is 0 Å². The lowest BCUT2D eigenvalue weighted by Crippen LogP contribution is -2.41. The van der Waals surface area contributed by atoms with Crippen molar-refractivity contribution < 1.29 is 4.52 Å². The molecule has 0 saturated heterocycles. The largest absolute Gasteiger partial charge is 0.359 e. The zero-order chi connectivity index (χ0) is 18.6. The lowest BCUT2D eigenvalue weighted by molar-refractivity contribution is 0.376. The molecule has 0 aliphatic heterocycles. The smallest absolute Gasteiger partial charge is 0.191 e. The summed E-state index contributed by atoms with van der Waals surface area (Å²) in [4.78, 5) is 4.63. The summed E-state index contributed by atoms with van der Waals surface area (Å²) in [5.74, 6) is 1.94. The molecule has 1 aliphatic carbocycles. The maximum atomic E-state index is 6.01. The van der Waals surface area contributed by atoms with Gasteiger partial charge in [-0.05, 0) is 43.4 Å². The Labute approximate surface area is 183 Å². The summed E-state index contributed by atoms with van der Waals surface area (Å²) in [6.07, 6.45) is 2.36. The first kappa shape index (κ1) is 22.0. The van der Waals surface area contributed by atoms with E-state index >= 15 is 0 Å². The minimum atomic E-state index is 0. The highest BCUT2D eigenvalue weighted by molar-refractivity contribution is 14.0. The molecule has 0 spiro atoms. The molecule has 0 unspecified atom stereocenters. The molecule has 5 nitrogen and oxygen atoms in total. The average Bonchev–Trinajstić information content (AvgIpc) is 3.26. The van der Waals surface area contributed by atoms with Gasteiger partial charge in [0, 0.05) is 29.6 Å². The van der Waals surface area contributed by atoms with Crippen molar-refractivity contribution >= 4 is 41.5 Å². The van der Waals surface area contributed by atoms with Crippen LogP contribution in [0.3, 0.4) is 0 Å². The molecule has 0 atom stereocenters. The van der Waals surface area contributed by atoms with E-state index in [1.165, 1.54) is 18.4 Å². The quantitative estimate of drug-likeness (QED) is 0.323. The van der Waals surface area contributed by atoms with Crippen LogP contribution in [0.1, 0.15) is 56.5 Å². The van der Waals surface area contributed by atoms with Crippen LogP contribution >= 0.6 is 35.6 Å². The van der Waals surface area contributed by atoms with Gasteiger partial charge >= 0.3 is 0 Å². The number of aromatic nitrogens is 1. The number of nitrogens with zero attached hydrogens (tertiary/aromatic N) is 2. The van der Waals surface area contributed by atoms with Crippen molar-refractivity contribution in [1.82, 2.24) is 15.8 Å². The third kappa shape index (κ3) is 5.85. The van der Waals surface area contributed by atoms with E-state index in [0.29, 0.717) is 12.5 Å². The number of hydrogen-bond acceptors (Lipinski definition) is 3. The molecule has 1 fully saturated rings. The predicted molar refractivity (Wildman–Crippen MR) is 121 cm³/mol. The third-order valence-corrected chi connectivity index (χ3v) is 5.06. The molecule has 0 radical (unpaired) electrons.